The van der Waals surface area contributed by atoms with Crippen molar-refractivity contribution in [2.45, 2.75) is 25.6 Å². The highest BCUT2D eigenvalue weighted by atomic mass is 127. The van der Waals surface area contributed by atoms with Gasteiger partial charge in [0.1, 0.15) is 18.1 Å². The maximum atomic E-state index is 12.7. The zero-order valence-electron chi connectivity index (χ0n) is 12.7. The molecule has 3 rings (SSSR count). The van der Waals surface area contributed by atoms with Gasteiger partial charge in [0.05, 0.1) is 12.6 Å². The van der Waals surface area contributed by atoms with Crippen molar-refractivity contribution >= 4 is 29.9 Å². The van der Waals surface area contributed by atoms with Crippen LogP contribution in [0.15, 0.2) is 41.7 Å². The second kappa shape index (κ2) is 8.27. The number of aliphatic imine (C=N–C) groups is 1. The van der Waals surface area contributed by atoms with Crippen LogP contribution in [0.1, 0.15) is 30.4 Å². The molecule has 6 nitrogen and oxygen atoms in total. The van der Waals surface area contributed by atoms with Crippen molar-refractivity contribution in [3.63, 3.8) is 0 Å². The van der Waals surface area contributed by atoms with Gasteiger partial charge in [-0.1, -0.05) is 18.2 Å². The molecular formula is C15H18F2IN5O. The van der Waals surface area contributed by atoms with E-state index in [1.165, 1.54) is 12.4 Å². The third-order valence-corrected chi connectivity index (χ3v) is 3.63. The number of para-hydroxylation sites is 1. The molecule has 0 spiro atoms. The number of nitrogens with two attached hydrogens (primary N) is 1. The summed E-state index contributed by atoms with van der Waals surface area (Å²) in [6.07, 6.45) is 3.28. The smallest absolute Gasteiger partial charge is 0.319 e. The first-order valence-electron chi connectivity index (χ1n) is 7.23. The molecular weight excluding hydrogens is 431 g/mol. The molecule has 1 aromatic carbocycles. The fourth-order valence-electron chi connectivity index (χ4n) is 2.52. The molecule has 24 heavy (non-hydrogen) atoms. The molecule has 1 unspecified atom stereocenters. The van der Waals surface area contributed by atoms with Crippen LogP contribution < -0.4 is 15.8 Å². The Morgan fingerprint density at radius 3 is 3.04 bits per heavy atom. The standard InChI is InChI=1S/C15H17F2N5O.HI/c16-14(17)22-7-6-19-13(22)9-20-15(18)21-11-5-8-23-12-4-2-1-3-10(11)12;/h1-4,6-7,11,14H,5,8-9H2,(H3,18,20,21);1H. The quantitative estimate of drug-likeness (QED) is 0.428. The maximum absolute atomic E-state index is 12.7. The van der Waals surface area contributed by atoms with Gasteiger partial charge in [0.15, 0.2) is 5.96 Å². The van der Waals surface area contributed by atoms with Crippen LogP contribution in [0.3, 0.4) is 0 Å². The Labute approximate surface area is 155 Å². The summed E-state index contributed by atoms with van der Waals surface area (Å²) < 4.78 is 31.8. The molecule has 0 radical (unpaired) electrons. The van der Waals surface area contributed by atoms with E-state index in [1.807, 2.05) is 24.3 Å². The van der Waals surface area contributed by atoms with Crippen molar-refractivity contribution in [3.8, 4) is 5.75 Å². The number of ether oxygens (including phenoxy) is 1. The van der Waals surface area contributed by atoms with Gasteiger partial charge in [-0.25, -0.2) is 9.98 Å². The predicted molar refractivity (Wildman–Crippen MR) is 96.7 cm³/mol. The fraction of sp³-hybridized carbons (Fsp3) is 0.333. The van der Waals surface area contributed by atoms with Crippen molar-refractivity contribution in [2.75, 3.05) is 6.61 Å². The lowest BCUT2D eigenvalue weighted by Gasteiger charge is -2.26. The summed E-state index contributed by atoms with van der Waals surface area (Å²) in [6.45, 7) is -2.07. The predicted octanol–water partition coefficient (Wildman–Crippen LogP) is 2.82. The van der Waals surface area contributed by atoms with Gasteiger partial charge < -0.3 is 15.8 Å². The van der Waals surface area contributed by atoms with E-state index in [1.54, 1.807) is 0 Å². The van der Waals surface area contributed by atoms with Gasteiger partial charge in [-0.05, 0) is 6.07 Å². The highest BCUT2D eigenvalue weighted by Gasteiger charge is 2.21. The molecule has 3 N–H and O–H groups in total. The summed E-state index contributed by atoms with van der Waals surface area (Å²) >= 11 is 0. The van der Waals surface area contributed by atoms with Crippen molar-refractivity contribution in [1.29, 1.82) is 0 Å². The van der Waals surface area contributed by atoms with Crippen LogP contribution in [0.4, 0.5) is 8.78 Å². The van der Waals surface area contributed by atoms with Gasteiger partial charge >= 0.3 is 6.55 Å². The summed E-state index contributed by atoms with van der Waals surface area (Å²) in [7, 11) is 0. The van der Waals surface area contributed by atoms with Gasteiger partial charge in [0.25, 0.3) is 0 Å². The summed E-state index contributed by atoms with van der Waals surface area (Å²) in [5, 5.41) is 3.11. The normalized spacial score (nSPS) is 17.0. The minimum Gasteiger partial charge on any atom is -0.493 e. The molecule has 130 valence electrons. The second-order valence-corrected chi connectivity index (χ2v) is 5.10. The van der Waals surface area contributed by atoms with Crippen LogP contribution in [0, 0.1) is 0 Å². The summed E-state index contributed by atoms with van der Waals surface area (Å²) in [6, 6.07) is 7.68. The van der Waals surface area contributed by atoms with E-state index >= 15 is 0 Å². The molecule has 2 heterocycles. The first-order chi connectivity index (χ1) is 11.1. The first-order valence-corrected chi connectivity index (χ1v) is 7.23. The van der Waals surface area contributed by atoms with Crippen LogP contribution >= 0.6 is 24.0 Å². The topological polar surface area (TPSA) is 77.5 Å². The van der Waals surface area contributed by atoms with Crippen LogP contribution in [-0.4, -0.2) is 22.1 Å². The van der Waals surface area contributed by atoms with Crippen molar-refractivity contribution < 1.29 is 13.5 Å². The number of nitrogens with one attached hydrogen (secondary N) is 1. The monoisotopic (exact) mass is 449 g/mol. The van der Waals surface area contributed by atoms with E-state index in [4.69, 9.17) is 10.5 Å². The Morgan fingerprint density at radius 2 is 2.25 bits per heavy atom. The van der Waals surface area contributed by atoms with Gasteiger partial charge in [-0.15, -0.1) is 24.0 Å². The van der Waals surface area contributed by atoms with Crippen molar-refractivity contribution in [1.82, 2.24) is 14.9 Å². The van der Waals surface area contributed by atoms with Crippen molar-refractivity contribution in [3.05, 3.63) is 48.0 Å². The van der Waals surface area contributed by atoms with Crippen LogP contribution in [0.2, 0.25) is 0 Å². The van der Waals surface area contributed by atoms with Crippen LogP contribution in [0.25, 0.3) is 0 Å². The molecule has 1 aliphatic heterocycles. The van der Waals surface area contributed by atoms with Gasteiger partial charge in [-0.2, -0.15) is 8.78 Å². The number of guanidine groups is 1. The maximum Gasteiger partial charge on any atom is 0.319 e. The lowest BCUT2D eigenvalue weighted by molar-refractivity contribution is 0.0671. The molecule has 1 aliphatic rings. The number of aromatic nitrogens is 2. The number of rotatable bonds is 4. The molecule has 9 heteroatoms. The first kappa shape index (κ1) is 18.4. The third-order valence-electron chi connectivity index (χ3n) is 3.63. The SMILES string of the molecule is I.NC(=NCc1nccn1C(F)F)NC1CCOc2ccccc21. The van der Waals surface area contributed by atoms with Crippen LogP contribution in [-0.2, 0) is 6.54 Å². The zero-order valence-corrected chi connectivity index (χ0v) is 15.1. The highest BCUT2D eigenvalue weighted by molar-refractivity contribution is 14.0. The molecule has 0 saturated heterocycles. The number of hydrogen-bond acceptors (Lipinski definition) is 3. The number of benzene rings is 1. The number of halogens is 3. The Bertz CT molecular complexity index is 707. The van der Waals surface area contributed by atoms with E-state index < -0.39 is 6.55 Å². The Hall–Kier alpha value is -1.91. The van der Waals surface area contributed by atoms with Crippen LogP contribution in [0.5, 0.6) is 5.75 Å². The molecule has 0 fully saturated rings. The van der Waals surface area contributed by atoms with Gasteiger partial charge in [0, 0.05) is 24.4 Å². The average Bonchev–Trinajstić information content (AvgIpc) is 3.02. The molecule has 1 aromatic heterocycles. The second-order valence-electron chi connectivity index (χ2n) is 5.10. The molecule has 0 bridgehead atoms. The minimum absolute atomic E-state index is 0. The van der Waals surface area contributed by atoms with E-state index in [-0.39, 0.29) is 48.3 Å². The van der Waals surface area contributed by atoms with E-state index in [2.05, 4.69) is 15.3 Å². The number of alkyl halides is 2. The largest absolute Gasteiger partial charge is 0.493 e. The molecule has 2 aromatic rings. The average molecular weight is 449 g/mol. The Balaban J connectivity index is 0.00000208. The van der Waals surface area contributed by atoms with E-state index in [0.29, 0.717) is 6.61 Å². The molecule has 0 saturated carbocycles. The summed E-state index contributed by atoms with van der Waals surface area (Å²) in [4.78, 5) is 7.97. The van der Waals surface area contributed by atoms with Gasteiger partial charge in [-0.3, -0.25) is 4.57 Å². The van der Waals surface area contributed by atoms with E-state index in [9.17, 15) is 8.78 Å². The van der Waals surface area contributed by atoms with Gasteiger partial charge in [0.2, 0.25) is 0 Å². The Morgan fingerprint density at radius 1 is 1.46 bits per heavy atom. The molecule has 0 amide bonds. The van der Waals surface area contributed by atoms with Crippen molar-refractivity contribution in [2.24, 2.45) is 10.7 Å². The molecule has 1 atom stereocenters. The fourth-order valence-corrected chi connectivity index (χ4v) is 2.52. The number of imidazole rings is 1. The lowest BCUT2D eigenvalue weighted by Crippen LogP contribution is -2.37. The molecule has 0 aliphatic carbocycles. The summed E-state index contributed by atoms with van der Waals surface area (Å²) in [5.74, 6) is 1.17. The zero-order chi connectivity index (χ0) is 16.2. The number of nitrogens with zero attached hydrogens (tertiary/aromatic N) is 3. The highest BCUT2D eigenvalue weighted by Crippen LogP contribution is 2.31. The van der Waals surface area contributed by atoms with E-state index in [0.717, 1.165) is 22.3 Å². The lowest BCUT2D eigenvalue weighted by atomic mass is 10.0. The number of hydrogen-bond donors (Lipinski definition) is 2. The third kappa shape index (κ3) is 4.13. The minimum atomic E-state index is -2.64. The Kier molecular flexibility index (Phi) is 6.35. The number of fused-ring (bicyclic) bond motifs is 1. The summed E-state index contributed by atoms with van der Waals surface area (Å²) in [5.41, 5.74) is 6.88.